The zero-order valence-corrected chi connectivity index (χ0v) is 14.4. The monoisotopic (exact) mass is 337 g/mol. The van der Waals surface area contributed by atoms with Crippen LogP contribution in [0.1, 0.15) is 37.7 Å². The molecular formula is C20H23N3O2. The van der Waals surface area contributed by atoms with Gasteiger partial charge in [0.2, 0.25) is 5.54 Å². The highest BCUT2D eigenvalue weighted by atomic mass is 16.4. The molecule has 130 valence electrons. The van der Waals surface area contributed by atoms with Crippen LogP contribution in [-0.2, 0) is 4.79 Å². The Morgan fingerprint density at radius 2 is 1.92 bits per heavy atom. The molecule has 0 aliphatic carbocycles. The quantitative estimate of drug-likeness (QED) is 0.805. The fraction of sp³-hybridized carbons (Fsp3) is 0.450. The standard InChI is InChI=1S/C20H23N3O2/c1-16-10-12-23(13-11-16)20(14-21,15-22)18(8-5-9-19(24)25)17-6-3-2-4-7-17/h2-7,9,16,18H,8,10-13H2,1H3,(H,24,25)/b9-5+. The molecule has 1 aliphatic heterocycles. The molecule has 0 bridgehead atoms. The molecule has 1 unspecified atom stereocenters. The Morgan fingerprint density at radius 1 is 1.32 bits per heavy atom. The lowest BCUT2D eigenvalue weighted by Gasteiger charge is -2.42. The van der Waals surface area contributed by atoms with Gasteiger partial charge in [0, 0.05) is 25.1 Å². The number of allylic oxidation sites excluding steroid dienone is 1. The van der Waals surface area contributed by atoms with Crippen LogP contribution in [-0.4, -0.2) is 34.6 Å². The summed E-state index contributed by atoms with van der Waals surface area (Å²) in [4.78, 5) is 12.8. The number of aliphatic carboxylic acids is 1. The minimum absolute atomic E-state index is 0.323. The molecule has 0 radical (unpaired) electrons. The summed E-state index contributed by atoms with van der Waals surface area (Å²) in [6, 6.07) is 14.0. The fourth-order valence-electron chi connectivity index (χ4n) is 3.44. The van der Waals surface area contributed by atoms with Crippen molar-refractivity contribution >= 4 is 5.97 Å². The minimum Gasteiger partial charge on any atom is -0.478 e. The second kappa shape index (κ2) is 8.46. The maximum absolute atomic E-state index is 10.8. The first kappa shape index (κ1) is 18.7. The van der Waals surface area contributed by atoms with E-state index in [4.69, 9.17) is 5.11 Å². The molecule has 2 rings (SSSR count). The van der Waals surface area contributed by atoms with Crippen LogP contribution < -0.4 is 0 Å². The molecule has 0 spiro atoms. The van der Waals surface area contributed by atoms with Crippen LogP contribution in [0.3, 0.4) is 0 Å². The van der Waals surface area contributed by atoms with Gasteiger partial charge in [0.1, 0.15) is 12.1 Å². The largest absolute Gasteiger partial charge is 0.478 e. The molecule has 1 aliphatic rings. The summed E-state index contributed by atoms with van der Waals surface area (Å²) >= 11 is 0. The Hall–Kier alpha value is -2.63. The van der Waals surface area contributed by atoms with Crippen LogP contribution in [0, 0.1) is 28.6 Å². The van der Waals surface area contributed by atoms with Gasteiger partial charge in [0.05, 0.1) is 0 Å². The number of carboxylic acids is 1. The van der Waals surface area contributed by atoms with Gasteiger partial charge in [-0.1, -0.05) is 43.3 Å². The molecule has 0 aromatic heterocycles. The van der Waals surface area contributed by atoms with E-state index < -0.39 is 17.4 Å². The van der Waals surface area contributed by atoms with E-state index >= 15 is 0 Å². The lowest BCUT2D eigenvalue weighted by molar-refractivity contribution is -0.131. The van der Waals surface area contributed by atoms with E-state index in [1.54, 1.807) is 0 Å². The van der Waals surface area contributed by atoms with Crippen molar-refractivity contribution in [3.8, 4) is 12.1 Å². The third-order valence-corrected chi connectivity index (χ3v) is 4.96. The van der Waals surface area contributed by atoms with Crippen LogP contribution >= 0.6 is 0 Å². The minimum atomic E-state index is -1.30. The van der Waals surface area contributed by atoms with Crippen molar-refractivity contribution < 1.29 is 9.90 Å². The van der Waals surface area contributed by atoms with Crippen molar-refractivity contribution in [2.75, 3.05) is 13.1 Å². The van der Waals surface area contributed by atoms with Crippen molar-refractivity contribution in [1.82, 2.24) is 4.90 Å². The first-order valence-electron chi connectivity index (χ1n) is 8.55. The zero-order valence-electron chi connectivity index (χ0n) is 14.4. The lowest BCUT2D eigenvalue weighted by Crippen LogP contribution is -2.53. The van der Waals surface area contributed by atoms with Crippen LogP contribution in [0.15, 0.2) is 42.5 Å². The highest BCUT2D eigenvalue weighted by molar-refractivity contribution is 5.79. The number of hydrogen-bond acceptors (Lipinski definition) is 4. The summed E-state index contributed by atoms with van der Waals surface area (Å²) in [5, 5.41) is 28.8. The van der Waals surface area contributed by atoms with E-state index in [-0.39, 0.29) is 0 Å². The Balaban J connectivity index is 2.41. The average Bonchev–Trinajstić information content (AvgIpc) is 2.63. The Bertz CT molecular complexity index is 678. The van der Waals surface area contributed by atoms with Crippen LogP contribution in [0.4, 0.5) is 0 Å². The lowest BCUT2D eigenvalue weighted by atomic mass is 9.76. The van der Waals surface area contributed by atoms with Gasteiger partial charge in [-0.3, -0.25) is 4.90 Å². The van der Waals surface area contributed by atoms with Gasteiger partial charge in [-0.15, -0.1) is 0 Å². The highest BCUT2D eigenvalue weighted by Crippen LogP contribution is 2.38. The number of nitriles is 2. The smallest absolute Gasteiger partial charge is 0.327 e. The van der Waals surface area contributed by atoms with Crippen molar-refractivity contribution in [2.24, 2.45) is 5.92 Å². The number of carboxylic acid groups (broad SMARTS) is 1. The van der Waals surface area contributed by atoms with Crippen LogP contribution in [0.5, 0.6) is 0 Å². The maximum atomic E-state index is 10.8. The molecule has 5 heteroatoms. The molecule has 0 saturated carbocycles. The summed E-state index contributed by atoms with van der Waals surface area (Å²) in [7, 11) is 0. The Labute approximate surface area is 148 Å². The van der Waals surface area contributed by atoms with E-state index in [0.29, 0.717) is 25.4 Å². The topological polar surface area (TPSA) is 88.1 Å². The normalized spacial score (nSPS) is 17.7. The molecule has 0 amide bonds. The SMILES string of the molecule is CC1CCN(C(C#N)(C#N)C(C/C=C/C(=O)O)c2ccccc2)CC1. The molecule has 1 fully saturated rings. The van der Waals surface area contributed by atoms with Gasteiger partial charge in [-0.2, -0.15) is 10.5 Å². The highest BCUT2D eigenvalue weighted by Gasteiger charge is 2.46. The zero-order chi connectivity index (χ0) is 18.3. The van der Waals surface area contributed by atoms with Gasteiger partial charge in [0.15, 0.2) is 0 Å². The summed E-state index contributed by atoms with van der Waals surface area (Å²) in [6.07, 6.45) is 4.85. The van der Waals surface area contributed by atoms with Crippen LogP contribution in [0.25, 0.3) is 0 Å². The van der Waals surface area contributed by atoms with Gasteiger partial charge < -0.3 is 5.11 Å². The second-order valence-corrected chi connectivity index (χ2v) is 6.60. The van der Waals surface area contributed by atoms with E-state index in [2.05, 4.69) is 19.1 Å². The number of likely N-dealkylation sites (tertiary alicyclic amines) is 1. The molecular weight excluding hydrogens is 314 g/mol. The molecule has 1 atom stereocenters. The van der Waals surface area contributed by atoms with Crippen molar-refractivity contribution in [2.45, 2.75) is 37.6 Å². The van der Waals surface area contributed by atoms with E-state index in [0.717, 1.165) is 24.5 Å². The molecule has 25 heavy (non-hydrogen) atoms. The molecule has 1 N–H and O–H groups in total. The third-order valence-electron chi connectivity index (χ3n) is 4.96. The molecule has 1 saturated heterocycles. The fourth-order valence-corrected chi connectivity index (χ4v) is 3.44. The van der Waals surface area contributed by atoms with Crippen molar-refractivity contribution in [3.63, 3.8) is 0 Å². The number of carbonyl (C=O) groups is 1. The predicted molar refractivity (Wildman–Crippen MR) is 94.5 cm³/mol. The Kier molecular flexibility index (Phi) is 6.33. The number of benzene rings is 1. The van der Waals surface area contributed by atoms with Gasteiger partial charge >= 0.3 is 5.97 Å². The van der Waals surface area contributed by atoms with E-state index in [1.807, 2.05) is 35.2 Å². The average molecular weight is 337 g/mol. The van der Waals surface area contributed by atoms with Gasteiger partial charge in [-0.05, 0) is 30.7 Å². The van der Waals surface area contributed by atoms with Gasteiger partial charge in [0.25, 0.3) is 0 Å². The van der Waals surface area contributed by atoms with Crippen LogP contribution in [0.2, 0.25) is 0 Å². The first-order valence-corrected chi connectivity index (χ1v) is 8.55. The maximum Gasteiger partial charge on any atom is 0.327 e. The third kappa shape index (κ3) is 4.26. The van der Waals surface area contributed by atoms with Gasteiger partial charge in [-0.25, -0.2) is 4.79 Å². The van der Waals surface area contributed by atoms with Crippen molar-refractivity contribution in [3.05, 3.63) is 48.0 Å². The molecule has 1 aromatic rings. The Morgan fingerprint density at radius 3 is 2.44 bits per heavy atom. The van der Waals surface area contributed by atoms with E-state index in [1.165, 1.54) is 6.08 Å². The summed E-state index contributed by atoms with van der Waals surface area (Å²) in [5.74, 6) is -0.848. The summed E-state index contributed by atoms with van der Waals surface area (Å²) in [6.45, 7) is 3.59. The first-order chi connectivity index (χ1) is 12.0. The molecule has 1 heterocycles. The second-order valence-electron chi connectivity index (χ2n) is 6.60. The summed E-state index contributed by atoms with van der Waals surface area (Å²) in [5.41, 5.74) is -0.427. The number of rotatable bonds is 6. The number of piperidine rings is 1. The number of nitrogens with zero attached hydrogens (tertiary/aromatic N) is 3. The summed E-state index contributed by atoms with van der Waals surface area (Å²) < 4.78 is 0. The molecule has 1 aromatic carbocycles. The number of hydrogen-bond donors (Lipinski definition) is 1. The van der Waals surface area contributed by atoms with Crippen molar-refractivity contribution in [1.29, 1.82) is 10.5 Å². The molecule has 5 nitrogen and oxygen atoms in total. The van der Waals surface area contributed by atoms with E-state index in [9.17, 15) is 15.3 Å². The predicted octanol–water partition coefficient (Wildman–Crippen LogP) is 3.32.